The number of hydrogen-bond acceptors (Lipinski definition) is 4. The average Bonchev–Trinajstić information content (AvgIpc) is 3.06. The molecular weight excluding hydrogens is 284 g/mol. The fourth-order valence-electron chi connectivity index (χ4n) is 2.60. The Morgan fingerprint density at radius 3 is 2.95 bits per heavy atom. The van der Waals surface area contributed by atoms with Crippen LogP contribution in [0.1, 0.15) is 46.4 Å². The van der Waals surface area contributed by atoms with Crippen molar-refractivity contribution < 1.29 is 9.90 Å². The maximum absolute atomic E-state index is 11.1. The summed E-state index contributed by atoms with van der Waals surface area (Å²) >= 11 is 1.70. The van der Waals surface area contributed by atoms with Crippen LogP contribution in [0.3, 0.4) is 0 Å². The van der Waals surface area contributed by atoms with Crippen molar-refractivity contribution >= 4 is 23.0 Å². The predicted octanol–water partition coefficient (Wildman–Crippen LogP) is 3.53. The summed E-state index contributed by atoms with van der Waals surface area (Å²) in [5.41, 5.74) is 3.67. The number of carboxylic acid groups (broad SMARTS) is 1. The van der Waals surface area contributed by atoms with Crippen molar-refractivity contribution in [2.45, 2.75) is 32.7 Å². The lowest BCUT2D eigenvalue weighted by Gasteiger charge is -2.18. The zero-order chi connectivity index (χ0) is 15.0. The summed E-state index contributed by atoms with van der Waals surface area (Å²) in [5, 5.41) is 12.4. The number of carbonyl (C=O) groups is 1. The molecule has 0 atom stereocenters. The number of aromatic carboxylic acids is 1. The highest BCUT2D eigenvalue weighted by atomic mass is 32.1. The Morgan fingerprint density at radius 2 is 2.29 bits per heavy atom. The van der Waals surface area contributed by atoms with Gasteiger partial charge in [-0.2, -0.15) is 0 Å². The Hall–Kier alpha value is -1.88. The molecule has 0 amide bonds. The van der Waals surface area contributed by atoms with E-state index in [4.69, 9.17) is 5.11 Å². The van der Waals surface area contributed by atoms with Gasteiger partial charge in [-0.3, -0.25) is 0 Å². The van der Waals surface area contributed by atoms with Gasteiger partial charge in [-0.1, -0.05) is 19.9 Å². The number of hydrogen-bond donors (Lipinski definition) is 1. The summed E-state index contributed by atoms with van der Waals surface area (Å²) in [7, 11) is 0. The van der Waals surface area contributed by atoms with Gasteiger partial charge in [0.05, 0.1) is 22.8 Å². The van der Waals surface area contributed by atoms with Gasteiger partial charge in [0.15, 0.2) is 0 Å². The van der Waals surface area contributed by atoms with Crippen LogP contribution in [0, 0.1) is 0 Å². The highest BCUT2D eigenvalue weighted by Crippen LogP contribution is 2.31. The number of nitrogens with zero attached hydrogens (tertiary/aromatic N) is 2. The number of aromatic nitrogens is 1. The number of benzene rings is 1. The molecule has 5 heteroatoms. The topological polar surface area (TPSA) is 53.4 Å². The first-order valence-electron chi connectivity index (χ1n) is 7.10. The summed E-state index contributed by atoms with van der Waals surface area (Å²) in [5.74, 6) is -0.423. The fraction of sp³-hybridized carbons (Fsp3) is 0.375. The summed E-state index contributed by atoms with van der Waals surface area (Å²) < 4.78 is 0. The van der Waals surface area contributed by atoms with Crippen LogP contribution in [0.2, 0.25) is 0 Å². The molecule has 0 unspecified atom stereocenters. The van der Waals surface area contributed by atoms with Crippen molar-refractivity contribution in [2.24, 2.45) is 0 Å². The van der Waals surface area contributed by atoms with Crippen LogP contribution >= 0.6 is 11.3 Å². The third kappa shape index (κ3) is 2.78. The first-order valence-corrected chi connectivity index (χ1v) is 7.98. The van der Waals surface area contributed by atoms with Crippen molar-refractivity contribution in [3.05, 3.63) is 45.4 Å². The molecule has 21 heavy (non-hydrogen) atoms. The molecule has 110 valence electrons. The van der Waals surface area contributed by atoms with E-state index in [1.165, 1.54) is 5.56 Å². The molecule has 1 N–H and O–H groups in total. The fourth-order valence-corrected chi connectivity index (χ4v) is 3.42. The second-order valence-corrected chi connectivity index (χ2v) is 6.54. The highest BCUT2D eigenvalue weighted by molar-refractivity contribution is 7.09. The largest absolute Gasteiger partial charge is 0.478 e. The molecule has 1 aliphatic rings. The number of fused-ring (bicyclic) bond motifs is 1. The quantitative estimate of drug-likeness (QED) is 0.938. The lowest BCUT2D eigenvalue weighted by atomic mass is 10.1. The van der Waals surface area contributed by atoms with Gasteiger partial charge >= 0.3 is 5.97 Å². The van der Waals surface area contributed by atoms with E-state index < -0.39 is 5.97 Å². The molecule has 0 bridgehead atoms. The normalized spacial score (nSPS) is 13.8. The Bertz CT molecular complexity index is 679. The molecule has 0 saturated carbocycles. The zero-order valence-electron chi connectivity index (χ0n) is 12.2. The van der Waals surface area contributed by atoms with Crippen LogP contribution < -0.4 is 4.90 Å². The molecular formula is C16H18N2O2S. The molecule has 0 spiro atoms. The van der Waals surface area contributed by atoms with E-state index >= 15 is 0 Å². The van der Waals surface area contributed by atoms with Gasteiger partial charge in [0, 0.05) is 23.5 Å². The van der Waals surface area contributed by atoms with Crippen LogP contribution in [0.5, 0.6) is 0 Å². The summed E-state index contributed by atoms with van der Waals surface area (Å²) in [6, 6.07) is 5.39. The maximum Gasteiger partial charge on any atom is 0.335 e. The minimum absolute atomic E-state index is 0.349. The van der Waals surface area contributed by atoms with Crippen molar-refractivity contribution in [1.29, 1.82) is 0 Å². The number of thiazole rings is 1. The van der Waals surface area contributed by atoms with Gasteiger partial charge < -0.3 is 10.0 Å². The molecule has 0 radical (unpaired) electrons. The van der Waals surface area contributed by atoms with E-state index in [2.05, 4.69) is 29.1 Å². The van der Waals surface area contributed by atoms with E-state index in [-0.39, 0.29) is 0 Å². The molecule has 4 nitrogen and oxygen atoms in total. The average molecular weight is 302 g/mol. The van der Waals surface area contributed by atoms with E-state index in [1.807, 2.05) is 6.07 Å². The van der Waals surface area contributed by atoms with Crippen LogP contribution in [0.25, 0.3) is 0 Å². The smallest absolute Gasteiger partial charge is 0.335 e. The van der Waals surface area contributed by atoms with Crippen molar-refractivity contribution in [3.63, 3.8) is 0 Å². The molecule has 1 aromatic carbocycles. The molecule has 2 aromatic rings. The Balaban J connectivity index is 1.83. The second kappa shape index (κ2) is 5.48. The lowest BCUT2D eigenvalue weighted by Crippen LogP contribution is -2.20. The monoisotopic (exact) mass is 302 g/mol. The van der Waals surface area contributed by atoms with Crippen LogP contribution in [0.15, 0.2) is 23.6 Å². The Morgan fingerprint density at radius 1 is 1.48 bits per heavy atom. The first kappa shape index (κ1) is 14.1. The summed E-state index contributed by atoms with van der Waals surface area (Å²) in [6.07, 6.45) is 0.969. The summed E-state index contributed by atoms with van der Waals surface area (Å²) in [4.78, 5) is 18.0. The standard InChI is InChI=1S/C16H18N2O2S/c1-10(2)15-17-13(9-21-15)8-18-6-5-11-3-4-12(16(19)20)7-14(11)18/h3-4,7,9-10H,5-6,8H2,1-2H3,(H,19,20). The minimum Gasteiger partial charge on any atom is -0.478 e. The van der Waals surface area contributed by atoms with Crippen molar-refractivity contribution in [3.8, 4) is 0 Å². The molecule has 1 aromatic heterocycles. The van der Waals surface area contributed by atoms with Crippen molar-refractivity contribution in [2.75, 3.05) is 11.4 Å². The van der Waals surface area contributed by atoms with E-state index in [9.17, 15) is 4.79 Å². The highest BCUT2D eigenvalue weighted by Gasteiger charge is 2.21. The second-order valence-electron chi connectivity index (χ2n) is 5.65. The van der Waals surface area contributed by atoms with E-state index in [0.29, 0.717) is 11.5 Å². The zero-order valence-corrected chi connectivity index (χ0v) is 13.0. The number of carboxylic acids is 1. The number of rotatable bonds is 4. The van der Waals surface area contributed by atoms with Gasteiger partial charge in [-0.15, -0.1) is 11.3 Å². The molecule has 0 aliphatic carbocycles. The molecule has 3 rings (SSSR count). The van der Waals surface area contributed by atoms with E-state index in [0.717, 1.165) is 35.9 Å². The predicted molar refractivity (Wildman–Crippen MR) is 84.4 cm³/mol. The van der Waals surface area contributed by atoms with Crippen molar-refractivity contribution in [1.82, 2.24) is 4.98 Å². The Kier molecular flexibility index (Phi) is 3.68. The third-order valence-electron chi connectivity index (χ3n) is 3.74. The van der Waals surface area contributed by atoms with Gasteiger partial charge in [0.25, 0.3) is 0 Å². The summed E-state index contributed by atoms with van der Waals surface area (Å²) in [6.45, 7) is 5.96. The molecule has 0 fully saturated rings. The Labute approximate surface area is 128 Å². The van der Waals surface area contributed by atoms with E-state index in [1.54, 1.807) is 23.5 Å². The molecule has 1 aliphatic heterocycles. The minimum atomic E-state index is -0.875. The van der Waals surface area contributed by atoms with Crippen LogP contribution in [-0.4, -0.2) is 22.6 Å². The van der Waals surface area contributed by atoms with Gasteiger partial charge in [0.2, 0.25) is 0 Å². The van der Waals surface area contributed by atoms with Crippen LogP contribution in [-0.2, 0) is 13.0 Å². The molecule has 0 saturated heterocycles. The van der Waals surface area contributed by atoms with Gasteiger partial charge in [0.1, 0.15) is 0 Å². The third-order valence-corrected chi connectivity index (χ3v) is 4.93. The van der Waals surface area contributed by atoms with Crippen LogP contribution in [0.4, 0.5) is 5.69 Å². The van der Waals surface area contributed by atoms with Gasteiger partial charge in [-0.25, -0.2) is 9.78 Å². The van der Waals surface area contributed by atoms with Gasteiger partial charge in [-0.05, 0) is 24.1 Å². The SMILES string of the molecule is CC(C)c1nc(CN2CCc3ccc(C(=O)O)cc32)cs1. The first-order chi connectivity index (χ1) is 10.0. The molecule has 2 heterocycles. The maximum atomic E-state index is 11.1. The number of anilines is 1. The lowest BCUT2D eigenvalue weighted by molar-refractivity contribution is 0.0697.